The van der Waals surface area contributed by atoms with Gasteiger partial charge in [-0.05, 0) is 36.6 Å². The van der Waals surface area contributed by atoms with E-state index < -0.39 is 0 Å². The number of carbonyl (C=O) groups excluding carboxylic acids is 1. The molecule has 2 aromatic heterocycles. The van der Waals surface area contributed by atoms with Crippen molar-refractivity contribution in [3.05, 3.63) is 47.4 Å². The number of likely N-dealkylation sites (tertiary alicyclic amines) is 1. The zero-order valence-electron chi connectivity index (χ0n) is 13.2. The molecule has 1 fully saturated rings. The van der Waals surface area contributed by atoms with Crippen LogP contribution < -0.4 is 0 Å². The molecule has 0 radical (unpaired) electrons. The summed E-state index contributed by atoms with van der Waals surface area (Å²) >= 11 is 6.08. The number of hydrogen-bond donors (Lipinski definition) is 1. The standard InChI is InChI=1S/C17H18ClN5O/c18-13-1-2-16-15(10-13)12(11-19-16)9-17(24)22-6-3-14(4-7-22)23-8-5-20-21-23/h1-2,5,8,10-11,14,19H,3-4,6-7,9H2. The van der Waals surface area contributed by atoms with Gasteiger partial charge < -0.3 is 9.88 Å². The summed E-state index contributed by atoms with van der Waals surface area (Å²) in [4.78, 5) is 17.8. The molecule has 1 amide bonds. The number of aromatic amines is 1. The molecule has 0 unspecified atom stereocenters. The first-order valence-electron chi connectivity index (χ1n) is 8.10. The number of aromatic nitrogens is 4. The predicted molar refractivity (Wildman–Crippen MR) is 91.9 cm³/mol. The summed E-state index contributed by atoms with van der Waals surface area (Å²) < 4.78 is 1.89. The van der Waals surface area contributed by atoms with Gasteiger partial charge in [0.2, 0.25) is 5.91 Å². The Hall–Kier alpha value is -2.34. The van der Waals surface area contributed by atoms with E-state index in [1.54, 1.807) is 6.20 Å². The molecule has 6 nitrogen and oxygen atoms in total. The largest absolute Gasteiger partial charge is 0.361 e. The first kappa shape index (κ1) is 15.2. The van der Waals surface area contributed by atoms with Crippen molar-refractivity contribution in [1.82, 2.24) is 24.9 Å². The molecule has 124 valence electrons. The lowest BCUT2D eigenvalue weighted by atomic mass is 10.0. The summed E-state index contributed by atoms with van der Waals surface area (Å²) in [5.74, 6) is 0.160. The van der Waals surface area contributed by atoms with Gasteiger partial charge in [-0.2, -0.15) is 0 Å². The number of nitrogens with zero attached hydrogens (tertiary/aromatic N) is 4. The minimum Gasteiger partial charge on any atom is -0.361 e. The Morgan fingerprint density at radius 1 is 1.33 bits per heavy atom. The normalized spacial score (nSPS) is 16.0. The van der Waals surface area contributed by atoms with Crippen LogP contribution in [-0.4, -0.2) is 43.9 Å². The summed E-state index contributed by atoms with van der Waals surface area (Å²) in [7, 11) is 0. The van der Waals surface area contributed by atoms with Crippen LogP contribution in [0.15, 0.2) is 36.8 Å². The van der Waals surface area contributed by atoms with Gasteiger partial charge in [0, 0.05) is 41.4 Å². The molecular weight excluding hydrogens is 326 g/mol. The fraction of sp³-hybridized carbons (Fsp3) is 0.353. The molecule has 0 atom stereocenters. The molecular formula is C17H18ClN5O. The summed E-state index contributed by atoms with van der Waals surface area (Å²) in [6.07, 6.45) is 7.70. The number of fused-ring (bicyclic) bond motifs is 1. The highest BCUT2D eigenvalue weighted by molar-refractivity contribution is 6.31. The second-order valence-electron chi connectivity index (χ2n) is 6.18. The van der Waals surface area contributed by atoms with Gasteiger partial charge in [-0.1, -0.05) is 16.8 Å². The van der Waals surface area contributed by atoms with Crippen molar-refractivity contribution in [1.29, 1.82) is 0 Å². The van der Waals surface area contributed by atoms with Crippen molar-refractivity contribution >= 4 is 28.4 Å². The van der Waals surface area contributed by atoms with Crippen LogP contribution in [0.2, 0.25) is 5.02 Å². The smallest absolute Gasteiger partial charge is 0.227 e. The number of hydrogen-bond acceptors (Lipinski definition) is 3. The van der Waals surface area contributed by atoms with Crippen molar-refractivity contribution in [2.75, 3.05) is 13.1 Å². The number of H-pyrrole nitrogens is 1. The maximum Gasteiger partial charge on any atom is 0.227 e. The molecule has 1 saturated heterocycles. The second-order valence-corrected chi connectivity index (χ2v) is 6.61. The van der Waals surface area contributed by atoms with Crippen molar-refractivity contribution in [3.63, 3.8) is 0 Å². The summed E-state index contributed by atoms with van der Waals surface area (Å²) in [5.41, 5.74) is 2.00. The van der Waals surface area contributed by atoms with Crippen LogP contribution >= 0.6 is 11.6 Å². The number of amides is 1. The van der Waals surface area contributed by atoms with Gasteiger partial charge in [0.15, 0.2) is 0 Å². The van der Waals surface area contributed by atoms with Crippen LogP contribution in [-0.2, 0) is 11.2 Å². The van der Waals surface area contributed by atoms with E-state index in [1.165, 1.54) is 0 Å². The third-order valence-electron chi connectivity index (χ3n) is 4.70. The second kappa shape index (κ2) is 6.28. The molecule has 4 rings (SSSR count). The highest BCUT2D eigenvalue weighted by Gasteiger charge is 2.24. The van der Waals surface area contributed by atoms with E-state index in [2.05, 4.69) is 15.3 Å². The van der Waals surface area contributed by atoms with Crippen molar-refractivity contribution in [2.24, 2.45) is 0 Å². The van der Waals surface area contributed by atoms with Crippen LogP contribution in [0.5, 0.6) is 0 Å². The first-order valence-corrected chi connectivity index (χ1v) is 8.47. The van der Waals surface area contributed by atoms with Gasteiger partial charge in [0.1, 0.15) is 0 Å². The minimum atomic E-state index is 0.160. The van der Waals surface area contributed by atoms with E-state index in [0.29, 0.717) is 17.5 Å². The van der Waals surface area contributed by atoms with Crippen LogP contribution in [0.25, 0.3) is 10.9 Å². The van der Waals surface area contributed by atoms with Crippen LogP contribution in [0, 0.1) is 0 Å². The molecule has 24 heavy (non-hydrogen) atoms. The Bertz CT molecular complexity index is 849. The van der Waals surface area contributed by atoms with Crippen LogP contribution in [0.3, 0.4) is 0 Å². The number of rotatable bonds is 3. The number of nitrogens with one attached hydrogen (secondary N) is 1. The lowest BCUT2D eigenvalue weighted by Crippen LogP contribution is -2.39. The van der Waals surface area contributed by atoms with E-state index in [9.17, 15) is 4.79 Å². The molecule has 1 aliphatic heterocycles. The molecule has 1 aliphatic rings. The minimum absolute atomic E-state index is 0.160. The van der Waals surface area contributed by atoms with Crippen LogP contribution in [0.1, 0.15) is 24.4 Å². The lowest BCUT2D eigenvalue weighted by Gasteiger charge is -2.31. The number of carbonyl (C=O) groups is 1. The van der Waals surface area contributed by atoms with Gasteiger partial charge in [0.05, 0.1) is 18.7 Å². The number of benzene rings is 1. The Kier molecular flexibility index (Phi) is 3.98. The molecule has 1 aromatic carbocycles. The van der Waals surface area contributed by atoms with Crippen molar-refractivity contribution in [2.45, 2.75) is 25.3 Å². The third kappa shape index (κ3) is 2.89. The summed E-state index contributed by atoms with van der Waals surface area (Å²) in [5, 5.41) is 9.62. The molecule has 7 heteroatoms. The average Bonchev–Trinajstić information content (AvgIpc) is 3.25. The molecule has 0 spiro atoms. The van der Waals surface area contributed by atoms with E-state index >= 15 is 0 Å². The number of halogens is 1. The van der Waals surface area contributed by atoms with E-state index in [1.807, 2.05) is 40.2 Å². The fourth-order valence-corrected chi connectivity index (χ4v) is 3.54. The SMILES string of the molecule is O=C(Cc1c[nH]c2ccc(Cl)cc12)N1CCC(n2ccnn2)CC1. The summed E-state index contributed by atoms with van der Waals surface area (Å²) in [6, 6.07) is 6.03. The Morgan fingerprint density at radius 2 is 2.17 bits per heavy atom. The van der Waals surface area contributed by atoms with Gasteiger partial charge >= 0.3 is 0 Å². The van der Waals surface area contributed by atoms with Gasteiger partial charge in [-0.3, -0.25) is 4.79 Å². The number of piperidine rings is 1. The Labute approximate surface area is 144 Å². The first-order chi connectivity index (χ1) is 11.7. The van der Waals surface area contributed by atoms with E-state index in [-0.39, 0.29) is 5.91 Å². The highest BCUT2D eigenvalue weighted by Crippen LogP contribution is 2.25. The maximum atomic E-state index is 12.6. The lowest BCUT2D eigenvalue weighted by molar-refractivity contribution is -0.131. The van der Waals surface area contributed by atoms with Crippen molar-refractivity contribution < 1.29 is 4.79 Å². The average molecular weight is 344 g/mol. The zero-order valence-corrected chi connectivity index (χ0v) is 13.9. The van der Waals surface area contributed by atoms with Gasteiger partial charge in [-0.25, -0.2) is 4.68 Å². The topological polar surface area (TPSA) is 66.8 Å². The molecule has 3 aromatic rings. The molecule has 0 aliphatic carbocycles. The summed E-state index contributed by atoms with van der Waals surface area (Å²) in [6.45, 7) is 1.51. The monoisotopic (exact) mass is 343 g/mol. The Morgan fingerprint density at radius 3 is 2.92 bits per heavy atom. The fourth-order valence-electron chi connectivity index (χ4n) is 3.36. The molecule has 3 heterocycles. The molecule has 1 N–H and O–H groups in total. The maximum absolute atomic E-state index is 12.6. The quantitative estimate of drug-likeness (QED) is 0.795. The zero-order chi connectivity index (χ0) is 16.5. The van der Waals surface area contributed by atoms with E-state index in [0.717, 1.165) is 42.4 Å². The predicted octanol–water partition coefficient (Wildman–Crippen LogP) is 2.82. The molecule has 0 saturated carbocycles. The van der Waals surface area contributed by atoms with E-state index in [4.69, 9.17) is 11.6 Å². The van der Waals surface area contributed by atoms with Crippen molar-refractivity contribution in [3.8, 4) is 0 Å². The van der Waals surface area contributed by atoms with Gasteiger partial charge in [-0.15, -0.1) is 5.10 Å². The van der Waals surface area contributed by atoms with Gasteiger partial charge in [0.25, 0.3) is 0 Å². The van der Waals surface area contributed by atoms with Crippen LogP contribution in [0.4, 0.5) is 0 Å². The third-order valence-corrected chi connectivity index (χ3v) is 4.94. The molecule has 0 bridgehead atoms. The Balaban J connectivity index is 1.42. The highest BCUT2D eigenvalue weighted by atomic mass is 35.5.